The number of urea groups is 1. The third-order valence-corrected chi connectivity index (χ3v) is 3.06. The van der Waals surface area contributed by atoms with E-state index >= 15 is 0 Å². The summed E-state index contributed by atoms with van der Waals surface area (Å²) in [5.74, 6) is 0.914. The maximum Gasteiger partial charge on any atom is 0.315 e. The zero-order valence-electron chi connectivity index (χ0n) is 12.6. The van der Waals surface area contributed by atoms with Crippen LogP contribution in [0.3, 0.4) is 0 Å². The molecule has 0 radical (unpaired) electrons. The van der Waals surface area contributed by atoms with E-state index in [2.05, 4.69) is 20.8 Å². The second-order valence-corrected chi connectivity index (χ2v) is 5.13. The van der Waals surface area contributed by atoms with Crippen LogP contribution in [0, 0.1) is 0 Å². The number of benzene rings is 1. The molecule has 7 nitrogen and oxygen atoms in total. The van der Waals surface area contributed by atoms with Crippen LogP contribution < -0.4 is 10.6 Å². The lowest BCUT2D eigenvalue weighted by Gasteiger charge is -2.14. The van der Waals surface area contributed by atoms with Crippen molar-refractivity contribution in [2.24, 2.45) is 0 Å². The van der Waals surface area contributed by atoms with Gasteiger partial charge in [0.2, 0.25) is 5.89 Å². The van der Waals surface area contributed by atoms with Gasteiger partial charge in [-0.05, 0) is 19.4 Å². The van der Waals surface area contributed by atoms with E-state index in [1.54, 1.807) is 13.8 Å². The molecule has 2 atom stereocenters. The van der Waals surface area contributed by atoms with E-state index in [4.69, 9.17) is 9.63 Å². The van der Waals surface area contributed by atoms with Gasteiger partial charge in [0.1, 0.15) is 6.04 Å². The van der Waals surface area contributed by atoms with Crippen molar-refractivity contribution in [1.82, 2.24) is 20.8 Å². The smallest absolute Gasteiger partial charge is 0.315 e. The summed E-state index contributed by atoms with van der Waals surface area (Å²) in [6.45, 7) is 3.33. The summed E-state index contributed by atoms with van der Waals surface area (Å²) in [5.41, 5.74) is 1.09. The maximum atomic E-state index is 11.7. The van der Waals surface area contributed by atoms with Crippen LogP contribution in [0.1, 0.15) is 37.2 Å². The highest BCUT2D eigenvalue weighted by Crippen LogP contribution is 2.12. The van der Waals surface area contributed by atoms with Gasteiger partial charge in [-0.2, -0.15) is 4.98 Å². The number of aliphatic hydroxyl groups is 1. The van der Waals surface area contributed by atoms with E-state index < -0.39 is 12.1 Å². The zero-order chi connectivity index (χ0) is 15.9. The molecule has 118 valence electrons. The highest BCUT2D eigenvalue weighted by atomic mass is 16.5. The number of nitrogens with zero attached hydrogens (tertiary/aromatic N) is 2. The first-order valence-electron chi connectivity index (χ1n) is 7.12. The number of nitrogens with one attached hydrogen (secondary N) is 2. The molecule has 3 N–H and O–H groups in total. The fourth-order valence-electron chi connectivity index (χ4n) is 1.86. The number of carbonyl (C=O) groups is 1. The lowest BCUT2D eigenvalue weighted by Crippen LogP contribution is -2.43. The largest absolute Gasteiger partial charge is 0.394 e. The molecule has 7 heteroatoms. The number of aromatic nitrogens is 2. The standard InChI is InChI=1S/C15H20N4O3/c1-10(9-20)16-15(21)17-11(2)14-18-13(19-22-14)8-12-6-4-3-5-7-12/h3-7,10-11,20H,8-9H2,1-2H3,(H2,16,17,21)/t10-,11+/m1/s1. The second-order valence-electron chi connectivity index (χ2n) is 5.13. The third kappa shape index (κ3) is 4.56. The molecule has 1 aromatic carbocycles. The van der Waals surface area contributed by atoms with Gasteiger partial charge in [0.15, 0.2) is 5.82 Å². The van der Waals surface area contributed by atoms with Crippen LogP contribution in [0.4, 0.5) is 4.79 Å². The van der Waals surface area contributed by atoms with Crippen LogP contribution in [0.25, 0.3) is 0 Å². The summed E-state index contributed by atoms with van der Waals surface area (Å²) in [5, 5.41) is 18.1. The lowest BCUT2D eigenvalue weighted by molar-refractivity contribution is 0.215. The molecule has 0 fully saturated rings. The van der Waals surface area contributed by atoms with Gasteiger partial charge < -0.3 is 20.3 Å². The molecule has 0 aliphatic rings. The fraction of sp³-hybridized carbons (Fsp3) is 0.400. The molecular weight excluding hydrogens is 284 g/mol. The van der Waals surface area contributed by atoms with E-state index in [0.29, 0.717) is 18.1 Å². The quantitative estimate of drug-likeness (QED) is 0.749. The highest BCUT2D eigenvalue weighted by Gasteiger charge is 2.17. The lowest BCUT2D eigenvalue weighted by atomic mass is 10.1. The minimum absolute atomic E-state index is 0.121. The molecular formula is C15H20N4O3. The predicted molar refractivity (Wildman–Crippen MR) is 80.2 cm³/mol. The van der Waals surface area contributed by atoms with Crippen molar-refractivity contribution in [3.63, 3.8) is 0 Å². The summed E-state index contributed by atoms with van der Waals surface area (Å²) >= 11 is 0. The molecule has 22 heavy (non-hydrogen) atoms. The van der Waals surface area contributed by atoms with Crippen molar-refractivity contribution in [3.05, 3.63) is 47.6 Å². The van der Waals surface area contributed by atoms with Gasteiger partial charge in [-0.3, -0.25) is 0 Å². The molecule has 1 aromatic heterocycles. The molecule has 0 bridgehead atoms. The summed E-state index contributed by atoms with van der Waals surface area (Å²) in [6.07, 6.45) is 0.574. The van der Waals surface area contributed by atoms with E-state index in [0.717, 1.165) is 5.56 Å². The molecule has 2 rings (SSSR count). The average Bonchev–Trinajstić information content (AvgIpc) is 2.96. The Morgan fingerprint density at radius 3 is 2.68 bits per heavy atom. The van der Waals surface area contributed by atoms with Crippen molar-refractivity contribution in [2.75, 3.05) is 6.61 Å². The molecule has 0 unspecified atom stereocenters. The number of hydrogen-bond acceptors (Lipinski definition) is 5. The molecule has 0 saturated carbocycles. The Morgan fingerprint density at radius 1 is 1.27 bits per heavy atom. The monoisotopic (exact) mass is 304 g/mol. The Balaban J connectivity index is 1.91. The molecule has 0 aliphatic heterocycles. The minimum atomic E-state index is -0.414. The number of amides is 2. The zero-order valence-corrected chi connectivity index (χ0v) is 12.6. The van der Waals surface area contributed by atoms with Gasteiger partial charge in [-0.25, -0.2) is 4.79 Å². The van der Waals surface area contributed by atoms with Crippen LogP contribution in [-0.2, 0) is 6.42 Å². The molecule has 0 aliphatic carbocycles. The molecule has 2 aromatic rings. The van der Waals surface area contributed by atoms with E-state index in [9.17, 15) is 4.79 Å². The topological polar surface area (TPSA) is 100 Å². The summed E-state index contributed by atoms with van der Waals surface area (Å²) in [4.78, 5) is 16.0. The minimum Gasteiger partial charge on any atom is -0.394 e. The first kappa shape index (κ1) is 16.0. The normalized spacial score (nSPS) is 13.4. The summed E-state index contributed by atoms with van der Waals surface area (Å²) in [7, 11) is 0. The van der Waals surface area contributed by atoms with E-state index in [-0.39, 0.29) is 12.6 Å². The Kier molecular flexibility index (Phi) is 5.48. The Labute approximate surface area is 128 Å². The summed E-state index contributed by atoms with van der Waals surface area (Å²) < 4.78 is 5.18. The number of aliphatic hydroxyl groups excluding tert-OH is 1. The van der Waals surface area contributed by atoms with Gasteiger partial charge >= 0.3 is 6.03 Å². The van der Waals surface area contributed by atoms with Gasteiger partial charge in [0.25, 0.3) is 0 Å². The Morgan fingerprint density at radius 2 is 2.00 bits per heavy atom. The SMILES string of the molecule is C[C@H](CO)NC(=O)N[C@@H](C)c1nc(Cc2ccccc2)no1. The Bertz CT molecular complexity index is 600. The van der Waals surface area contributed by atoms with Gasteiger partial charge in [0, 0.05) is 6.42 Å². The van der Waals surface area contributed by atoms with Crippen molar-refractivity contribution >= 4 is 6.03 Å². The highest BCUT2D eigenvalue weighted by molar-refractivity contribution is 5.74. The van der Waals surface area contributed by atoms with Gasteiger partial charge in [-0.1, -0.05) is 35.5 Å². The van der Waals surface area contributed by atoms with Crippen molar-refractivity contribution < 1.29 is 14.4 Å². The van der Waals surface area contributed by atoms with Crippen molar-refractivity contribution in [2.45, 2.75) is 32.4 Å². The first-order valence-corrected chi connectivity index (χ1v) is 7.12. The first-order chi connectivity index (χ1) is 10.6. The number of carbonyl (C=O) groups excluding carboxylic acids is 1. The van der Waals surface area contributed by atoms with Crippen molar-refractivity contribution in [3.8, 4) is 0 Å². The average molecular weight is 304 g/mol. The van der Waals surface area contributed by atoms with Crippen molar-refractivity contribution in [1.29, 1.82) is 0 Å². The van der Waals surface area contributed by atoms with Crippen LogP contribution in [0.2, 0.25) is 0 Å². The molecule has 0 spiro atoms. The van der Waals surface area contributed by atoms with Gasteiger partial charge in [0.05, 0.1) is 12.6 Å². The number of hydrogen-bond donors (Lipinski definition) is 3. The van der Waals surface area contributed by atoms with Crippen LogP contribution in [-0.4, -0.2) is 33.9 Å². The van der Waals surface area contributed by atoms with E-state index in [1.165, 1.54) is 0 Å². The van der Waals surface area contributed by atoms with Crippen LogP contribution in [0.5, 0.6) is 0 Å². The molecule has 0 saturated heterocycles. The Hall–Kier alpha value is -2.41. The van der Waals surface area contributed by atoms with Gasteiger partial charge in [-0.15, -0.1) is 0 Å². The molecule has 1 heterocycles. The van der Waals surface area contributed by atoms with E-state index in [1.807, 2.05) is 30.3 Å². The third-order valence-electron chi connectivity index (χ3n) is 3.06. The van der Waals surface area contributed by atoms with Crippen LogP contribution >= 0.6 is 0 Å². The summed E-state index contributed by atoms with van der Waals surface area (Å²) in [6, 6.07) is 8.70. The van der Waals surface area contributed by atoms with Crippen LogP contribution in [0.15, 0.2) is 34.9 Å². The molecule has 2 amide bonds. The maximum absolute atomic E-state index is 11.7. The fourth-order valence-corrected chi connectivity index (χ4v) is 1.86. The number of rotatable bonds is 6. The second kappa shape index (κ2) is 7.56. The predicted octanol–water partition coefficient (Wildman–Crippen LogP) is 1.40.